The van der Waals surface area contributed by atoms with Gasteiger partial charge in [0.1, 0.15) is 5.76 Å². The number of aromatic nitrogens is 3. The van der Waals surface area contributed by atoms with Crippen molar-refractivity contribution in [3.63, 3.8) is 0 Å². The normalized spacial score (nSPS) is 11.7. The van der Waals surface area contributed by atoms with Gasteiger partial charge >= 0.3 is 0 Å². The molecule has 2 heterocycles. The van der Waals surface area contributed by atoms with Gasteiger partial charge in [0, 0.05) is 37.8 Å². The molecule has 3 rings (SSSR count). The summed E-state index contributed by atoms with van der Waals surface area (Å²) in [6.07, 6.45) is 1.68. The van der Waals surface area contributed by atoms with Crippen molar-refractivity contribution in [2.45, 2.75) is 53.6 Å². The number of hydrogen-bond donors (Lipinski definition) is 2. The molecule has 1 aromatic carbocycles. The lowest BCUT2D eigenvalue weighted by molar-refractivity contribution is 0.380. The van der Waals surface area contributed by atoms with Crippen LogP contribution in [0.1, 0.15) is 47.8 Å². The maximum Gasteiger partial charge on any atom is 0.191 e. The molecular formula is C22H30N6O. The third-order valence-electron chi connectivity index (χ3n) is 4.94. The van der Waals surface area contributed by atoms with Gasteiger partial charge in [-0.05, 0) is 38.0 Å². The molecule has 2 N–H and O–H groups in total. The molecule has 0 bridgehead atoms. The lowest BCUT2D eigenvalue weighted by Crippen LogP contribution is -2.36. The minimum absolute atomic E-state index is 0.634. The van der Waals surface area contributed by atoms with Crippen molar-refractivity contribution in [3.8, 4) is 5.69 Å². The average Bonchev–Trinajstić information content (AvgIpc) is 3.29. The van der Waals surface area contributed by atoms with E-state index in [9.17, 15) is 0 Å². The predicted octanol–water partition coefficient (Wildman–Crippen LogP) is 3.47. The maximum absolute atomic E-state index is 5.45. The van der Waals surface area contributed by atoms with Crippen molar-refractivity contribution >= 4 is 5.96 Å². The summed E-state index contributed by atoms with van der Waals surface area (Å²) in [6.45, 7) is 9.51. The van der Waals surface area contributed by atoms with Gasteiger partial charge in [0.2, 0.25) is 0 Å². The van der Waals surface area contributed by atoms with E-state index in [0.29, 0.717) is 13.1 Å². The number of nitrogens with zero attached hydrogens (tertiary/aromatic N) is 4. The molecule has 0 saturated heterocycles. The molecule has 3 aromatic rings. The Morgan fingerprint density at radius 1 is 1.10 bits per heavy atom. The topological polar surface area (TPSA) is 80.3 Å². The Morgan fingerprint density at radius 3 is 2.52 bits per heavy atom. The molecule has 0 atom stereocenters. The predicted molar refractivity (Wildman–Crippen MR) is 115 cm³/mol. The molecule has 2 aromatic heterocycles. The van der Waals surface area contributed by atoms with Crippen molar-refractivity contribution in [1.82, 2.24) is 25.6 Å². The van der Waals surface area contributed by atoms with Gasteiger partial charge in [-0.2, -0.15) is 5.10 Å². The van der Waals surface area contributed by atoms with Crippen LogP contribution >= 0.6 is 0 Å². The minimum atomic E-state index is 0.634. The van der Waals surface area contributed by atoms with E-state index in [-0.39, 0.29) is 0 Å². The van der Waals surface area contributed by atoms with Gasteiger partial charge < -0.3 is 15.2 Å². The number of rotatable bonds is 7. The lowest BCUT2D eigenvalue weighted by Gasteiger charge is -2.15. The molecule has 0 fully saturated rings. The van der Waals surface area contributed by atoms with Crippen LogP contribution in [0.3, 0.4) is 0 Å². The first-order valence-corrected chi connectivity index (χ1v) is 10.1. The van der Waals surface area contributed by atoms with Crippen molar-refractivity contribution in [2.24, 2.45) is 4.99 Å². The molecule has 0 unspecified atom stereocenters. The second-order valence-electron chi connectivity index (χ2n) is 6.99. The minimum Gasteiger partial charge on any atom is -0.361 e. The summed E-state index contributed by atoms with van der Waals surface area (Å²) in [4.78, 5) is 4.36. The number of aryl methyl sites for hydroxylation is 4. The lowest BCUT2D eigenvalue weighted by atomic mass is 10.1. The van der Waals surface area contributed by atoms with Gasteiger partial charge in [0.05, 0.1) is 17.1 Å². The number of hydrogen-bond acceptors (Lipinski definition) is 4. The van der Waals surface area contributed by atoms with Crippen LogP contribution in [-0.2, 0) is 25.9 Å². The molecule has 0 radical (unpaired) electrons. The summed E-state index contributed by atoms with van der Waals surface area (Å²) in [6, 6.07) is 10.4. The zero-order chi connectivity index (χ0) is 20.8. The molecule has 154 valence electrons. The van der Waals surface area contributed by atoms with E-state index in [1.807, 2.05) is 23.7 Å². The fourth-order valence-corrected chi connectivity index (χ4v) is 3.45. The third kappa shape index (κ3) is 4.67. The quantitative estimate of drug-likeness (QED) is 0.474. The Morgan fingerprint density at radius 2 is 1.86 bits per heavy atom. The smallest absolute Gasteiger partial charge is 0.191 e. The summed E-state index contributed by atoms with van der Waals surface area (Å²) in [7, 11) is 1.78. The van der Waals surface area contributed by atoms with Crippen LogP contribution in [0, 0.1) is 13.8 Å². The molecule has 0 saturated carbocycles. The van der Waals surface area contributed by atoms with E-state index in [2.05, 4.69) is 64.9 Å². The first kappa shape index (κ1) is 20.6. The van der Waals surface area contributed by atoms with Gasteiger partial charge in [-0.15, -0.1) is 0 Å². The molecule has 29 heavy (non-hydrogen) atoms. The van der Waals surface area contributed by atoms with E-state index >= 15 is 0 Å². The van der Waals surface area contributed by atoms with Crippen LogP contribution in [0.25, 0.3) is 5.69 Å². The summed E-state index contributed by atoms with van der Waals surface area (Å²) in [5.41, 5.74) is 6.47. The second-order valence-corrected chi connectivity index (χ2v) is 6.99. The maximum atomic E-state index is 5.45. The Hall–Kier alpha value is -3.09. The number of para-hydroxylation sites is 1. The van der Waals surface area contributed by atoms with Gasteiger partial charge in [0.15, 0.2) is 5.96 Å². The fourth-order valence-electron chi connectivity index (χ4n) is 3.45. The third-order valence-corrected chi connectivity index (χ3v) is 4.94. The summed E-state index contributed by atoms with van der Waals surface area (Å²) in [5, 5.41) is 15.6. The zero-order valence-electron chi connectivity index (χ0n) is 17.9. The first-order chi connectivity index (χ1) is 14.1. The standard InChI is InChI=1S/C22H30N6O/c1-6-19-18(21(7-2)29-27-19)14-25-22(23-5)24-13-17-10-8-9-11-20(17)28-16(4)12-15(3)26-28/h8-12H,6-7,13-14H2,1-5H3,(H2,23,24,25). The molecule has 7 heteroatoms. The molecule has 0 aliphatic heterocycles. The Bertz CT molecular complexity index is 964. The van der Waals surface area contributed by atoms with Crippen LogP contribution in [0.15, 0.2) is 39.8 Å². The van der Waals surface area contributed by atoms with Crippen molar-refractivity contribution < 1.29 is 4.52 Å². The van der Waals surface area contributed by atoms with E-state index in [1.54, 1.807) is 7.05 Å². The molecule has 7 nitrogen and oxygen atoms in total. The molecule has 0 amide bonds. The molecule has 0 aliphatic carbocycles. The zero-order valence-corrected chi connectivity index (χ0v) is 17.9. The summed E-state index contributed by atoms with van der Waals surface area (Å²) >= 11 is 0. The number of nitrogens with one attached hydrogen (secondary N) is 2. The summed E-state index contributed by atoms with van der Waals surface area (Å²) < 4.78 is 7.44. The van der Waals surface area contributed by atoms with Gasteiger partial charge in [0.25, 0.3) is 0 Å². The van der Waals surface area contributed by atoms with E-state index in [0.717, 1.165) is 58.5 Å². The van der Waals surface area contributed by atoms with Crippen LogP contribution in [0.2, 0.25) is 0 Å². The highest BCUT2D eigenvalue weighted by Crippen LogP contribution is 2.17. The number of benzene rings is 1. The monoisotopic (exact) mass is 394 g/mol. The first-order valence-electron chi connectivity index (χ1n) is 10.1. The molecular weight excluding hydrogens is 364 g/mol. The highest BCUT2D eigenvalue weighted by atomic mass is 16.5. The van der Waals surface area contributed by atoms with Gasteiger partial charge in [-0.1, -0.05) is 37.2 Å². The highest BCUT2D eigenvalue weighted by Gasteiger charge is 2.14. The average molecular weight is 395 g/mol. The fraction of sp³-hybridized carbons (Fsp3) is 0.409. The van der Waals surface area contributed by atoms with Crippen molar-refractivity contribution in [3.05, 3.63) is 64.3 Å². The Labute approximate surface area is 172 Å². The highest BCUT2D eigenvalue weighted by molar-refractivity contribution is 5.79. The Kier molecular flexibility index (Phi) is 6.69. The number of aliphatic imine (C=N–C) groups is 1. The van der Waals surface area contributed by atoms with Crippen LogP contribution in [-0.4, -0.2) is 27.9 Å². The van der Waals surface area contributed by atoms with Gasteiger partial charge in [-0.25, -0.2) is 4.68 Å². The molecule has 0 spiro atoms. The molecule has 0 aliphatic rings. The van der Waals surface area contributed by atoms with Crippen LogP contribution in [0.5, 0.6) is 0 Å². The largest absolute Gasteiger partial charge is 0.361 e. The second kappa shape index (κ2) is 9.41. The van der Waals surface area contributed by atoms with Crippen molar-refractivity contribution in [1.29, 1.82) is 0 Å². The van der Waals surface area contributed by atoms with Crippen LogP contribution in [0.4, 0.5) is 0 Å². The summed E-state index contributed by atoms with van der Waals surface area (Å²) in [5.74, 6) is 1.66. The van der Waals surface area contributed by atoms with Gasteiger partial charge in [-0.3, -0.25) is 4.99 Å². The van der Waals surface area contributed by atoms with Crippen LogP contribution < -0.4 is 10.6 Å². The van der Waals surface area contributed by atoms with E-state index < -0.39 is 0 Å². The van der Waals surface area contributed by atoms with E-state index in [4.69, 9.17) is 4.52 Å². The van der Waals surface area contributed by atoms with Crippen molar-refractivity contribution in [2.75, 3.05) is 7.05 Å². The Balaban J connectivity index is 1.70. The number of guanidine groups is 1. The SMILES string of the molecule is CCc1noc(CC)c1CNC(=NC)NCc1ccccc1-n1nc(C)cc1C. The van der Waals surface area contributed by atoms with E-state index in [1.165, 1.54) is 0 Å².